The van der Waals surface area contributed by atoms with Gasteiger partial charge in [0.1, 0.15) is 34.3 Å². The van der Waals surface area contributed by atoms with Crippen molar-refractivity contribution in [2.75, 3.05) is 17.9 Å². The summed E-state index contributed by atoms with van der Waals surface area (Å²) in [7, 11) is -7.62. The van der Waals surface area contributed by atoms with E-state index in [9.17, 15) is 43.6 Å². The second-order valence-electron chi connectivity index (χ2n) is 18.2. The van der Waals surface area contributed by atoms with E-state index in [1.54, 1.807) is 6.07 Å². The molecule has 1 unspecified atom stereocenters. The van der Waals surface area contributed by atoms with E-state index in [4.69, 9.17) is 21.3 Å². The van der Waals surface area contributed by atoms with Crippen LogP contribution >= 0.6 is 11.6 Å². The van der Waals surface area contributed by atoms with Crippen LogP contribution in [-0.2, 0) is 54.5 Å². The third-order valence-electron chi connectivity index (χ3n) is 12.9. The van der Waals surface area contributed by atoms with Crippen LogP contribution in [0.15, 0.2) is 42.5 Å². The molecule has 5 aromatic rings. The highest BCUT2D eigenvalue weighted by molar-refractivity contribution is 7.94. The Kier molecular flexibility index (Phi) is 10.6. The summed E-state index contributed by atoms with van der Waals surface area (Å²) in [5.41, 5.74) is -2.61. The van der Waals surface area contributed by atoms with Crippen molar-refractivity contribution in [1.82, 2.24) is 29.9 Å². The minimum absolute atomic E-state index is 0.0370. The number of rotatable bonds is 13. The lowest BCUT2D eigenvalue weighted by atomic mass is 9.93. The first kappa shape index (κ1) is 45.5. The molecular weight excluding hydrogens is 955 g/mol. The molecular formula is C44H39ClF7N7O6S2. The lowest BCUT2D eigenvalue weighted by Crippen LogP contribution is -2.35. The maximum Gasteiger partial charge on any atom is 0.435 e. The maximum atomic E-state index is 15.6. The van der Waals surface area contributed by atoms with E-state index in [1.807, 2.05) is 0 Å². The molecule has 13 nitrogen and oxygen atoms in total. The first-order valence-electron chi connectivity index (χ1n) is 21.3. The van der Waals surface area contributed by atoms with E-state index >= 15 is 8.78 Å². The number of sulfonamides is 1. The Morgan fingerprint density at radius 2 is 1.64 bits per heavy atom. The van der Waals surface area contributed by atoms with Gasteiger partial charge in [0.25, 0.3) is 5.92 Å². The number of nitrogens with zero attached hydrogens (tertiary/aromatic N) is 5. The van der Waals surface area contributed by atoms with Crippen molar-refractivity contribution in [2.45, 2.75) is 104 Å². The number of fused-ring (bicyclic) bond motifs is 4. The third-order valence-corrected chi connectivity index (χ3v) is 17.9. The van der Waals surface area contributed by atoms with Gasteiger partial charge in [-0.15, -0.1) is 0 Å². The second-order valence-corrected chi connectivity index (χ2v) is 23.4. The van der Waals surface area contributed by atoms with Gasteiger partial charge in [-0.25, -0.2) is 30.6 Å². The molecule has 4 fully saturated rings. The van der Waals surface area contributed by atoms with Crippen molar-refractivity contribution < 1.29 is 57.1 Å². The van der Waals surface area contributed by atoms with Crippen LogP contribution in [0, 0.1) is 29.4 Å². The van der Waals surface area contributed by atoms with E-state index in [0.717, 1.165) is 12.1 Å². The molecule has 4 heterocycles. The van der Waals surface area contributed by atoms with Gasteiger partial charge in [0.05, 0.1) is 57.4 Å². The monoisotopic (exact) mass is 993 g/mol. The number of carbonyl (C=O) groups excluding carboxylic acids is 1. The van der Waals surface area contributed by atoms with Crippen LogP contribution in [0.1, 0.15) is 97.9 Å². The van der Waals surface area contributed by atoms with Crippen LogP contribution in [0.2, 0.25) is 5.02 Å². The predicted molar refractivity (Wildman–Crippen MR) is 229 cm³/mol. The number of carbonyl (C=O) groups is 1. The van der Waals surface area contributed by atoms with Crippen LogP contribution in [0.3, 0.4) is 0 Å². The average molecular weight is 994 g/mol. The maximum absolute atomic E-state index is 15.6. The van der Waals surface area contributed by atoms with Crippen molar-refractivity contribution in [3.05, 3.63) is 93.0 Å². The summed E-state index contributed by atoms with van der Waals surface area (Å²) in [5.74, 6) is -3.79. The van der Waals surface area contributed by atoms with Crippen LogP contribution in [0.4, 0.5) is 36.6 Å². The number of aromatic nitrogens is 5. The van der Waals surface area contributed by atoms with Crippen LogP contribution in [0.5, 0.6) is 0 Å². The number of sulfone groups is 1. The SMILES string of the molecule is CC(C)(C#Cc1ccc(-c2ccc(Cl)c3c(NS(=O)(=O)C4CC4)nn(C4COC4)c23)c([C@H](Cc2cc(F)cc(F)c2)NC(=O)Cn2nc(C(F)(F)F)c3c2C(F)(F)C2C[C@H]32)n1)S(=O)(=O)C1CC1. The minimum atomic E-state index is -5.12. The number of hydrogen-bond donors (Lipinski definition) is 2. The number of hydrogen-bond acceptors (Lipinski definition) is 9. The standard InChI is InChI=1S/C44H39ClF7N7O6S2/c1-42(2,66(61,62)26-4-5-26)12-11-24-3-8-28(29-9-10-32(45)36-38(29)59(25-19-65-20-25)56-41(36)57-67(63,64)27-6-7-27)37(53-24)33(15-21-13-22(46)16-23(47)14-21)54-34(60)18-58-40-35(39(55-58)44(50,51)52)30-17-31(30)43(40,48)49/h3,8-10,13-14,16,25-27,30-31,33H,4-7,15,17-20H2,1-2H3,(H,54,60)(H,56,57)/t30-,31?,33-/m0/s1. The third kappa shape index (κ3) is 8.12. The molecule has 1 aliphatic heterocycles. The zero-order valence-corrected chi connectivity index (χ0v) is 37.8. The van der Waals surface area contributed by atoms with Crippen molar-refractivity contribution in [1.29, 1.82) is 0 Å². The van der Waals surface area contributed by atoms with Crippen LogP contribution in [-0.4, -0.2) is 75.7 Å². The zero-order chi connectivity index (χ0) is 47.7. The normalized spacial score (nSPS) is 20.7. The molecule has 67 heavy (non-hydrogen) atoms. The molecule has 1 saturated heterocycles. The van der Waals surface area contributed by atoms with E-state index in [1.165, 1.54) is 36.7 Å². The lowest BCUT2D eigenvalue weighted by Gasteiger charge is -2.28. The summed E-state index contributed by atoms with van der Waals surface area (Å²) in [5, 5.41) is 9.84. The number of pyridine rings is 1. The number of anilines is 1. The van der Waals surface area contributed by atoms with Crippen LogP contribution < -0.4 is 10.0 Å². The molecule has 0 spiro atoms. The molecule has 23 heteroatoms. The zero-order valence-electron chi connectivity index (χ0n) is 35.4. The number of benzene rings is 2. The summed E-state index contributed by atoms with van der Waals surface area (Å²) in [6.45, 7) is 2.10. The van der Waals surface area contributed by atoms with Gasteiger partial charge in [-0.2, -0.15) is 32.1 Å². The molecule has 3 saturated carbocycles. The molecule has 2 N–H and O–H groups in total. The smallest absolute Gasteiger partial charge is 0.377 e. The van der Waals surface area contributed by atoms with Crippen molar-refractivity contribution in [2.24, 2.45) is 5.92 Å². The Morgan fingerprint density at radius 1 is 0.970 bits per heavy atom. The van der Waals surface area contributed by atoms with Gasteiger partial charge in [-0.1, -0.05) is 23.6 Å². The highest BCUT2D eigenvalue weighted by atomic mass is 35.5. The highest BCUT2D eigenvalue weighted by Crippen LogP contribution is 2.68. The van der Waals surface area contributed by atoms with Gasteiger partial charge < -0.3 is 10.1 Å². The van der Waals surface area contributed by atoms with Gasteiger partial charge in [0, 0.05) is 28.7 Å². The number of halogens is 8. The molecule has 5 aliphatic rings. The van der Waals surface area contributed by atoms with Gasteiger partial charge in [-0.05, 0) is 100 Å². The van der Waals surface area contributed by atoms with Gasteiger partial charge in [0.2, 0.25) is 15.9 Å². The fraction of sp³-hybridized carbons (Fsp3) is 0.455. The van der Waals surface area contributed by atoms with Crippen molar-refractivity contribution in [3.8, 4) is 23.0 Å². The molecule has 354 valence electrons. The molecule has 0 bridgehead atoms. The first-order chi connectivity index (χ1) is 31.4. The van der Waals surface area contributed by atoms with E-state index in [0.29, 0.717) is 36.4 Å². The van der Waals surface area contributed by atoms with Gasteiger partial charge >= 0.3 is 6.18 Å². The van der Waals surface area contributed by atoms with E-state index in [2.05, 4.69) is 32.1 Å². The Hall–Kier alpha value is -5.24. The quantitative estimate of drug-likeness (QED) is 0.0887. The van der Waals surface area contributed by atoms with E-state index < -0.39 is 119 Å². The molecule has 0 radical (unpaired) electrons. The summed E-state index contributed by atoms with van der Waals surface area (Å²) in [6, 6.07) is 6.67. The molecule has 4 aliphatic carbocycles. The van der Waals surface area contributed by atoms with Crippen molar-refractivity contribution >= 4 is 54.1 Å². The number of ether oxygens (including phenoxy) is 1. The topological polar surface area (TPSA) is 167 Å². The number of amides is 1. The molecule has 3 aromatic heterocycles. The summed E-state index contributed by atoms with van der Waals surface area (Å²) >= 11 is 6.82. The molecule has 3 atom stereocenters. The Bertz CT molecular complexity index is 3190. The first-order valence-corrected chi connectivity index (χ1v) is 24.8. The Balaban J connectivity index is 1.14. The van der Waals surface area contributed by atoms with Crippen molar-refractivity contribution in [3.63, 3.8) is 0 Å². The second kappa shape index (κ2) is 15.6. The van der Waals surface area contributed by atoms with E-state index in [-0.39, 0.29) is 69.5 Å². The number of nitrogens with one attached hydrogen (secondary N) is 2. The fourth-order valence-corrected chi connectivity index (χ4v) is 12.4. The predicted octanol–water partition coefficient (Wildman–Crippen LogP) is 7.74. The highest BCUT2D eigenvalue weighted by Gasteiger charge is 2.68. The summed E-state index contributed by atoms with van der Waals surface area (Å²) in [6.07, 6.45) is -3.91. The molecule has 1 amide bonds. The van der Waals surface area contributed by atoms with Gasteiger partial charge in [-0.3, -0.25) is 18.9 Å². The molecule has 2 aromatic carbocycles. The average Bonchev–Trinajstić information content (AvgIpc) is 4.10. The number of alkyl halides is 5. The fourth-order valence-electron chi connectivity index (χ4n) is 9.02. The minimum Gasteiger partial charge on any atom is -0.377 e. The lowest BCUT2D eigenvalue weighted by molar-refractivity contribution is -0.142. The Morgan fingerprint density at radius 3 is 2.27 bits per heavy atom. The largest absolute Gasteiger partial charge is 0.435 e. The summed E-state index contributed by atoms with van der Waals surface area (Å²) in [4.78, 5) is 19.0. The Labute approximate surface area is 383 Å². The van der Waals surface area contributed by atoms with Gasteiger partial charge in [0.15, 0.2) is 21.3 Å². The molecule has 10 rings (SSSR count). The van der Waals surface area contributed by atoms with Crippen LogP contribution in [0.25, 0.3) is 22.0 Å². The summed E-state index contributed by atoms with van der Waals surface area (Å²) < 4.78 is 165.